The minimum absolute atomic E-state index is 0.0183. The average Bonchev–Trinajstić information content (AvgIpc) is 3.35. The van der Waals surface area contributed by atoms with Gasteiger partial charge in [-0.25, -0.2) is 4.89 Å². The molecule has 0 heterocycles. The van der Waals surface area contributed by atoms with Gasteiger partial charge in [-0.1, -0.05) is 0 Å². The van der Waals surface area contributed by atoms with Crippen molar-refractivity contribution in [1.82, 2.24) is 0 Å². The number of hydrogen-bond acceptors (Lipinski definition) is 24. The van der Waals surface area contributed by atoms with E-state index in [-0.39, 0.29) is 13.2 Å². The van der Waals surface area contributed by atoms with Gasteiger partial charge in [-0.15, -0.1) is 0 Å². The SMILES string of the molecule is OCCOCCOCCOCCOCCOCCOCCOCCOCCOCCOCCOCCOCCOCCOCCOCCOCCOCCOCCOCCOCCOCCOO. The normalized spacial score (nSPS) is 11.7. The molecule has 0 bridgehead atoms. The molecule has 0 aromatic carbocycles. The van der Waals surface area contributed by atoms with Gasteiger partial charge in [0.1, 0.15) is 6.61 Å². The Bertz CT molecular complexity index is 796. The highest BCUT2D eigenvalue weighted by Gasteiger charge is 1.99. The van der Waals surface area contributed by atoms with E-state index >= 15 is 0 Å². The first-order valence-corrected chi connectivity index (χ1v) is 23.9. The monoisotopic (exact) mass is 1000 g/mol. The van der Waals surface area contributed by atoms with Crippen LogP contribution in [0.3, 0.4) is 0 Å². The molecule has 0 aromatic heterocycles. The van der Waals surface area contributed by atoms with Gasteiger partial charge in [0.25, 0.3) is 0 Å². The largest absolute Gasteiger partial charge is 0.394 e. The van der Waals surface area contributed by atoms with Crippen molar-refractivity contribution in [2.24, 2.45) is 0 Å². The summed E-state index contributed by atoms with van der Waals surface area (Å²) in [6, 6.07) is 0. The Balaban J connectivity index is 3.07. The summed E-state index contributed by atoms with van der Waals surface area (Å²) >= 11 is 0. The summed E-state index contributed by atoms with van der Waals surface area (Å²) in [4.78, 5) is 3.90. The van der Waals surface area contributed by atoms with Crippen LogP contribution >= 0.6 is 0 Å². The van der Waals surface area contributed by atoms with Crippen LogP contribution in [0.1, 0.15) is 0 Å². The van der Waals surface area contributed by atoms with Crippen molar-refractivity contribution < 1.29 is 115 Å². The Kier molecular flexibility index (Phi) is 65.1. The van der Waals surface area contributed by atoms with Crippen molar-refractivity contribution in [3.63, 3.8) is 0 Å². The van der Waals surface area contributed by atoms with Crippen LogP contribution in [0, 0.1) is 0 Å². The van der Waals surface area contributed by atoms with Gasteiger partial charge in [0.15, 0.2) is 0 Å². The maximum atomic E-state index is 8.60. The third kappa shape index (κ3) is 65.0. The fourth-order valence-corrected chi connectivity index (χ4v) is 4.66. The summed E-state index contributed by atoms with van der Waals surface area (Å²) in [5.74, 6) is 0. The molecule has 0 aliphatic heterocycles. The maximum Gasteiger partial charge on any atom is 0.105 e. The molecule has 0 saturated carbocycles. The molecule has 24 heteroatoms. The molecule has 0 unspecified atom stereocenters. The van der Waals surface area contributed by atoms with Crippen molar-refractivity contribution >= 4 is 0 Å². The van der Waals surface area contributed by atoms with Crippen LogP contribution in [0.2, 0.25) is 0 Å². The standard InChI is InChI=1S/C44H90O24/c45-1-2-47-3-4-48-5-6-49-7-8-50-9-10-51-11-12-52-13-14-53-15-16-54-17-18-55-19-20-56-21-22-57-23-24-58-25-26-59-27-28-60-29-30-61-31-32-62-33-34-63-35-36-64-37-38-65-39-40-66-41-42-67-43-44-68-46/h45-46H,1-44H2. The molecule has 0 rings (SSSR count). The molecule has 0 fully saturated rings. The van der Waals surface area contributed by atoms with E-state index in [1.165, 1.54) is 0 Å². The Morgan fingerprint density at radius 2 is 0.221 bits per heavy atom. The van der Waals surface area contributed by atoms with Crippen LogP contribution in [0.15, 0.2) is 0 Å². The average molecular weight is 1000 g/mol. The molecule has 0 spiro atoms. The summed E-state index contributed by atoms with van der Waals surface area (Å²) in [5.41, 5.74) is 0. The highest BCUT2D eigenvalue weighted by atomic mass is 17.1. The molecule has 0 aliphatic rings. The minimum Gasteiger partial charge on any atom is -0.394 e. The molecule has 0 aromatic rings. The fourth-order valence-electron chi connectivity index (χ4n) is 4.66. The first-order valence-electron chi connectivity index (χ1n) is 23.9. The van der Waals surface area contributed by atoms with Crippen molar-refractivity contribution in [2.75, 3.05) is 291 Å². The second kappa shape index (κ2) is 66.0. The molecule has 0 aliphatic carbocycles. The number of rotatable bonds is 65. The summed E-state index contributed by atoms with van der Waals surface area (Å²) in [7, 11) is 0. The third-order valence-electron chi connectivity index (χ3n) is 7.99. The minimum atomic E-state index is 0.0183. The van der Waals surface area contributed by atoms with E-state index in [2.05, 4.69) is 4.89 Å². The molecule has 0 saturated heterocycles. The van der Waals surface area contributed by atoms with Gasteiger partial charge < -0.3 is 105 Å². The van der Waals surface area contributed by atoms with Gasteiger partial charge in [0, 0.05) is 0 Å². The van der Waals surface area contributed by atoms with E-state index < -0.39 is 0 Å². The molecule has 0 atom stereocenters. The number of aliphatic hydroxyl groups is 1. The lowest BCUT2D eigenvalue weighted by Gasteiger charge is -2.09. The van der Waals surface area contributed by atoms with Crippen molar-refractivity contribution in [3.05, 3.63) is 0 Å². The topological polar surface area (TPSA) is 244 Å². The zero-order chi connectivity index (χ0) is 48.7. The number of aliphatic hydroxyl groups excluding tert-OH is 1. The van der Waals surface area contributed by atoms with E-state index in [4.69, 9.17) is 110 Å². The lowest BCUT2D eigenvalue weighted by molar-refractivity contribution is -0.249. The molecular weight excluding hydrogens is 912 g/mol. The molecular formula is C44H90O24. The Hall–Kier alpha value is -0.960. The van der Waals surface area contributed by atoms with Crippen LogP contribution in [-0.4, -0.2) is 301 Å². The predicted octanol–water partition coefficient (Wildman–Crippen LogP) is -0.183. The van der Waals surface area contributed by atoms with Crippen LogP contribution in [0.4, 0.5) is 0 Å². The van der Waals surface area contributed by atoms with Crippen LogP contribution in [0.25, 0.3) is 0 Å². The highest BCUT2D eigenvalue weighted by molar-refractivity contribution is 4.42. The fraction of sp³-hybridized carbons (Fsp3) is 1.00. The zero-order valence-electron chi connectivity index (χ0n) is 41.0. The molecule has 24 nitrogen and oxygen atoms in total. The van der Waals surface area contributed by atoms with Gasteiger partial charge in [0.2, 0.25) is 0 Å². The van der Waals surface area contributed by atoms with E-state index in [1.54, 1.807) is 0 Å². The van der Waals surface area contributed by atoms with Crippen LogP contribution in [-0.2, 0) is 104 Å². The first kappa shape index (κ1) is 67.0. The summed E-state index contributed by atoms with van der Waals surface area (Å²) in [6.07, 6.45) is 0. The number of ether oxygens (including phenoxy) is 21. The Labute approximate surface area is 404 Å². The smallest absolute Gasteiger partial charge is 0.105 e. The molecule has 410 valence electrons. The molecule has 0 radical (unpaired) electrons. The van der Waals surface area contributed by atoms with Gasteiger partial charge >= 0.3 is 0 Å². The van der Waals surface area contributed by atoms with Crippen molar-refractivity contribution in [1.29, 1.82) is 0 Å². The van der Waals surface area contributed by atoms with E-state index in [0.29, 0.717) is 277 Å². The van der Waals surface area contributed by atoms with Gasteiger partial charge in [-0.3, -0.25) is 5.26 Å². The van der Waals surface area contributed by atoms with Gasteiger partial charge in [-0.2, -0.15) is 0 Å². The quantitative estimate of drug-likeness (QED) is 0.0456. The van der Waals surface area contributed by atoms with Crippen LogP contribution in [0.5, 0.6) is 0 Å². The lowest BCUT2D eigenvalue weighted by Crippen LogP contribution is -2.16. The summed E-state index contributed by atoms with van der Waals surface area (Å²) in [5, 5.41) is 16.8. The second-order valence-electron chi connectivity index (χ2n) is 13.4. The molecule has 2 N–H and O–H groups in total. The second-order valence-corrected chi connectivity index (χ2v) is 13.4. The van der Waals surface area contributed by atoms with Crippen molar-refractivity contribution in [2.45, 2.75) is 0 Å². The Morgan fingerprint density at radius 1 is 0.132 bits per heavy atom. The summed E-state index contributed by atoms with van der Waals surface area (Å²) < 4.78 is 114. The first-order chi connectivity index (χ1) is 33.9. The van der Waals surface area contributed by atoms with Crippen molar-refractivity contribution in [3.8, 4) is 0 Å². The summed E-state index contributed by atoms with van der Waals surface area (Å²) in [6.45, 7) is 20.2. The zero-order valence-corrected chi connectivity index (χ0v) is 41.0. The van der Waals surface area contributed by atoms with Gasteiger partial charge in [0.05, 0.1) is 284 Å². The van der Waals surface area contributed by atoms with Gasteiger partial charge in [-0.05, 0) is 0 Å². The molecule has 68 heavy (non-hydrogen) atoms. The van der Waals surface area contributed by atoms with E-state index in [0.717, 1.165) is 0 Å². The number of hydrogen-bond donors (Lipinski definition) is 2. The predicted molar refractivity (Wildman–Crippen MR) is 243 cm³/mol. The maximum absolute atomic E-state index is 8.60. The van der Waals surface area contributed by atoms with E-state index in [1.807, 2.05) is 0 Å². The van der Waals surface area contributed by atoms with E-state index in [9.17, 15) is 0 Å². The lowest BCUT2D eigenvalue weighted by atomic mass is 10.6. The Morgan fingerprint density at radius 3 is 0.309 bits per heavy atom. The molecule has 0 amide bonds. The van der Waals surface area contributed by atoms with Crippen LogP contribution < -0.4 is 0 Å². The highest BCUT2D eigenvalue weighted by Crippen LogP contribution is 1.90. The third-order valence-corrected chi connectivity index (χ3v) is 7.99.